The number of aromatic nitrogens is 1. The first-order valence-corrected chi connectivity index (χ1v) is 6.86. The zero-order valence-electron chi connectivity index (χ0n) is 9.60. The van der Waals surface area contributed by atoms with Gasteiger partial charge < -0.3 is 9.47 Å². The zero-order chi connectivity index (χ0) is 11.8. The Hall–Kier alpha value is -1.03. The van der Waals surface area contributed by atoms with Crippen LogP contribution in [0.1, 0.15) is 35.8 Å². The van der Waals surface area contributed by atoms with Crippen LogP contribution in [0.4, 0.5) is 0 Å². The Morgan fingerprint density at radius 1 is 1.35 bits per heavy atom. The molecule has 1 aliphatic carbocycles. The van der Waals surface area contributed by atoms with Crippen molar-refractivity contribution in [2.24, 2.45) is 0 Å². The minimum absolute atomic E-state index is 0.159. The lowest BCUT2D eigenvalue weighted by Gasteiger charge is -2.23. The van der Waals surface area contributed by atoms with Gasteiger partial charge >= 0.3 is 0 Å². The maximum absolute atomic E-state index is 12.4. The smallest absolute Gasteiger partial charge is 0.270 e. The number of nitrogens with zero attached hydrogens (tertiary/aromatic N) is 2. The van der Waals surface area contributed by atoms with E-state index in [1.807, 2.05) is 17.2 Å². The van der Waals surface area contributed by atoms with Gasteiger partial charge in [0.1, 0.15) is 5.69 Å². The second-order valence-corrected chi connectivity index (χ2v) is 5.61. The van der Waals surface area contributed by atoms with Crippen LogP contribution in [-0.4, -0.2) is 28.5 Å². The third kappa shape index (κ3) is 2.18. The number of amides is 1. The average molecular weight is 295 g/mol. The molecule has 2 aliphatic rings. The van der Waals surface area contributed by atoms with Crippen LogP contribution in [0.5, 0.6) is 0 Å². The molecule has 17 heavy (non-hydrogen) atoms. The molecule has 90 valence electrons. The van der Waals surface area contributed by atoms with Crippen LogP contribution in [-0.2, 0) is 0 Å². The van der Waals surface area contributed by atoms with E-state index < -0.39 is 0 Å². The van der Waals surface area contributed by atoms with E-state index in [0.29, 0.717) is 6.04 Å². The highest BCUT2D eigenvalue weighted by molar-refractivity contribution is 9.10. The summed E-state index contributed by atoms with van der Waals surface area (Å²) in [5.41, 5.74) is 0.828. The molecule has 1 aliphatic heterocycles. The van der Waals surface area contributed by atoms with E-state index >= 15 is 0 Å². The Morgan fingerprint density at radius 2 is 2.18 bits per heavy atom. The van der Waals surface area contributed by atoms with Gasteiger partial charge in [-0.3, -0.25) is 4.79 Å². The summed E-state index contributed by atoms with van der Waals surface area (Å²) in [6.07, 6.45) is 9.60. The van der Waals surface area contributed by atoms with Crippen molar-refractivity contribution in [2.45, 2.75) is 25.3 Å². The largest absolute Gasteiger partial charge is 0.339 e. The second-order valence-electron chi connectivity index (χ2n) is 4.69. The molecule has 1 fully saturated rings. The molecule has 0 spiro atoms. The fraction of sp³-hybridized carbons (Fsp3) is 0.462. The van der Waals surface area contributed by atoms with Crippen molar-refractivity contribution in [1.29, 1.82) is 0 Å². The molecule has 0 aromatic carbocycles. The highest BCUT2D eigenvalue weighted by atomic mass is 79.9. The zero-order valence-corrected chi connectivity index (χ0v) is 11.2. The first kappa shape index (κ1) is 11.1. The van der Waals surface area contributed by atoms with Crippen molar-refractivity contribution in [3.05, 3.63) is 34.6 Å². The summed E-state index contributed by atoms with van der Waals surface area (Å²) in [6, 6.07) is 2.49. The van der Waals surface area contributed by atoms with Crippen LogP contribution >= 0.6 is 15.9 Å². The molecule has 1 amide bonds. The van der Waals surface area contributed by atoms with Gasteiger partial charge in [-0.1, -0.05) is 12.2 Å². The number of rotatable bonds is 2. The van der Waals surface area contributed by atoms with Gasteiger partial charge in [-0.2, -0.15) is 0 Å². The SMILES string of the molecule is O=C(c1cc(Br)cn1C1CC1)N1CC=CCC1. The topological polar surface area (TPSA) is 25.2 Å². The van der Waals surface area contributed by atoms with Gasteiger partial charge in [0.2, 0.25) is 0 Å². The van der Waals surface area contributed by atoms with Gasteiger partial charge in [0.05, 0.1) is 0 Å². The molecular formula is C13H15BrN2O. The third-order valence-corrected chi connectivity index (χ3v) is 3.75. The van der Waals surface area contributed by atoms with Crippen LogP contribution in [0.15, 0.2) is 28.9 Å². The van der Waals surface area contributed by atoms with Crippen molar-refractivity contribution >= 4 is 21.8 Å². The molecular weight excluding hydrogens is 280 g/mol. The molecule has 2 heterocycles. The summed E-state index contributed by atoms with van der Waals surface area (Å²) in [5, 5.41) is 0. The predicted octanol–water partition coefficient (Wildman–Crippen LogP) is 2.99. The summed E-state index contributed by atoms with van der Waals surface area (Å²) in [7, 11) is 0. The number of carbonyl (C=O) groups is 1. The minimum Gasteiger partial charge on any atom is -0.339 e. The van der Waals surface area contributed by atoms with E-state index in [4.69, 9.17) is 0 Å². The van der Waals surface area contributed by atoms with E-state index in [1.54, 1.807) is 0 Å². The highest BCUT2D eigenvalue weighted by Gasteiger charge is 2.29. The Balaban J connectivity index is 1.87. The number of carbonyl (C=O) groups excluding carboxylic acids is 1. The summed E-state index contributed by atoms with van der Waals surface area (Å²) < 4.78 is 3.13. The van der Waals surface area contributed by atoms with Gasteiger partial charge in [0, 0.05) is 29.8 Å². The van der Waals surface area contributed by atoms with Crippen LogP contribution < -0.4 is 0 Å². The molecule has 0 radical (unpaired) electrons. The van der Waals surface area contributed by atoms with Crippen LogP contribution in [0.3, 0.4) is 0 Å². The molecule has 0 unspecified atom stereocenters. The quantitative estimate of drug-likeness (QED) is 0.770. The maximum Gasteiger partial charge on any atom is 0.270 e. The molecule has 3 nitrogen and oxygen atoms in total. The number of halogens is 1. The minimum atomic E-state index is 0.159. The Morgan fingerprint density at radius 3 is 2.82 bits per heavy atom. The first-order valence-electron chi connectivity index (χ1n) is 6.07. The summed E-state index contributed by atoms with van der Waals surface area (Å²) in [6.45, 7) is 1.58. The lowest BCUT2D eigenvalue weighted by Crippen LogP contribution is -2.34. The molecule has 0 saturated heterocycles. The lowest BCUT2D eigenvalue weighted by molar-refractivity contribution is 0.0760. The Kier molecular flexibility index (Phi) is 2.82. The van der Waals surface area contributed by atoms with Gasteiger partial charge in [-0.25, -0.2) is 0 Å². The van der Waals surface area contributed by atoms with E-state index in [0.717, 1.165) is 29.7 Å². The molecule has 0 atom stereocenters. The third-order valence-electron chi connectivity index (χ3n) is 3.32. The average Bonchev–Trinajstić information content (AvgIpc) is 3.13. The van der Waals surface area contributed by atoms with E-state index in [1.165, 1.54) is 12.8 Å². The maximum atomic E-state index is 12.4. The summed E-state index contributed by atoms with van der Waals surface area (Å²) in [4.78, 5) is 14.3. The van der Waals surface area contributed by atoms with Gasteiger partial charge in [0.25, 0.3) is 5.91 Å². The number of hydrogen-bond donors (Lipinski definition) is 0. The lowest BCUT2D eigenvalue weighted by atomic mass is 10.2. The fourth-order valence-corrected chi connectivity index (χ4v) is 2.70. The van der Waals surface area contributed by atoms with Crippen molar-refractivity contribution in [1.82, 2.24) is 9.47 Å². The van der Waals surface area contributed by atoms with Gasteiger partial charge in [0.15, 0.2) is 0 Å². The Bertz CT molecular complexity index is 474. The molecule has 1 aromatic rings. The van der Waals surface area contributed by atoms with E-state index in [-0.39, 0.29) is 5.91 Å². The highest BCUT2D eigenvalue weighted by Crippen LogP contribution is 2.37. The van der Waals surface area contributed by atoms with Crippen molar-refractivity contribution in [3.8, 4) is 0 Å². The van der Waals surface area contributed by atoms with E-state index in [9.17, 15) is 4.79 Å². The van der Waals surface area contributed by atoms with Crippen molar-refractivity contribution < 1.29 is 4.79 Å². The van der Waals surface area contributed by atoms with Crippen LogP contribution in [0, 0.1) is 0 Å². The number of hydrogen-bond acceptors (Lipinski definition) is 1. The Labute approximate surface area is 109 Å². The fourth-order valence-electron chi connectivity index (χ4n) is 2.26. The predicted molar refractivity (Wildman–Crippen MR) is 70.1 cm³/mol. The first-order chi connectivity index (χ1) is 8.25. The molecule has 0 N–H and O–H groups in total. The molecule has 0 bridgehead atoms. The second kappa shape index (κ2) is 4.33. The van der Waals surface area contributed by atoms with E-state index in [2.05, 4.69) is 32.6 Å². The van der Waals surface area contributed by atoms with Crippen LogP contribution in [0.25, 0.3) is 0 Å². The molecule has 1 saturated carbocycles. The van der Waals surface area contributed by atoms with Gasteiger partial charge in [-0.15, -0.1) is 0 Å². The standard InChI is InChI=1S/C13H15BrN2O/c14-10-8-12(16(9-10)11-4-5-11)13(17)15-6-2-1-3-7-15/h1-2,8-9,11H,3-7H2. The van der Waals surface area contributed by atoms with Gasteiger partial charge in [-0.05, 0) is 41.3 Å². The van der Waals surface area contributed by atoms with Crippen molar-refractivity contribution in [2.75, 3.05) is 13.1 Å². The molecule has 4 heteroatoms. The van der Waals surface area contributed by atoms with Crippen LogP contribution in [0.2, 0.25) is 0 Å². The molecule has 1 aromatic heterocycles. The normalized spacial score (nSPS) is 19.7. The molecule has 3 rings (SSSR count). The summed E-state index contributed by atoms with van der Waals surface area (Å²) >= 11 is 3.47. The van der Waals surface area contributed by atoms with Crippen molar-refractivity contribution in [3.63, 3.8) is 0 Å². The summed E-state index contributed by atoms with van der Waals surface area (Å²) in [5.74, 6) is 0.159. The monoisotopic (exact) mass is 294 g/mol.